The molecule has 0 aromatic rings. The number of aliphatic hydroxyl groups excluding tert-OH is 1. The smallest absolute Gasteiger partial charge is 0.0474 e. The average Bonchev–Trinajstić information content (AvgIpc) is 2.47. The number of rotatable bonds is 3. The maximum Gasteiger partial charge on any atom is 0.0474 e. The SMILES string of the molecule is CCN1CC(CO)[C@@H](C(C)C)C1. The van der Waals surface area contributed by atoms with E-state index in [-0.39, 0.29) is 0 Å². The second-order valence-electron chi connectivity index (χ2n) is 4.20. The molecule has 2 atom stereocenters. The van der Waals surface area contributed by atoms with Crippen LogP contribution in [0.25, 0.3) is 0 Å². The van der Waals surface area contributed by atoms with Crippen molar-refractivity contribution in [2.75, 3.05) is 26.2 Å². The van der Waals surface area contributed by atoms with Gasteiger partial charge >= 0.3 is 0 Å². The van der Waals surface area contributed by atoms with Gasteiger partial charge < -0.3 is 10.0 Å². The molecule has 2 nitrogen and oxygen atoms in total. The van der Waals surface area contributed by atoms with Crippen molar-refractivity contribution < 1.29 is 5.11 Å². The minimum absolute atomic E-state index is 0.360. The zero-order chi connectivity index (χ0) is 9.14. The first kappa shape index (κ1) is 10.0. The number of hydrogen-bond donors (Lipinski definition) is 1. The van der Waals surface area contributed by atoms with Crippen LogP contribution in [0.4, 0.5) is 0 Å². The lowest BCUT2D eigenvalue weighted by atomic mass is 9.87. The summed E-state index contributed by atoms with van der Waals surface area (Å²) in [6, 6.07) is 0. The molecule has 0 aliphatic carbocycles. The molecular weight excluding hydrogens is 150 g/mol. The van der Waals surface area contributed by atoms with Gasteiger partial charge in [0.1, 0.15) is 0 Å². The summed E-state index contributed by atoms with van der Waals surface area (Å²) in [5.74, 6) is 1.93. The van der Waals surface area contributed by atoms with Crippen molar-refractivity contribution in [1.29, 1.82) is 0 Å². The van der Waals surface area contributed by atoms with Gasteiger partial charge in [-0.15, -0.1) is 0 Å². The summed E-state index contributed by atoms with van der Waals surface area (Å²) in [5.41, 5.74) is 0. The predicted octanol–water partition coefficient (Wildman–Crippen LogP) is 1.20. The van der Waals surface area contributed by atoms with Crippen LogP contribution in [0.1, 0.15) is 20.8 Å². The normalized spacial score (nSPS) is 31.8. The lowest BCUT2D eigenvalue weighted by Gasteiger charge is -2.19. The van der Waals surface area contributed by atoms with E-state index in [9.17, 15) is 5.11 Å². The van der Waals surface area contributed by atoms with E-state index in [1.54, 1.807) is 0 Å². The van der Waals surface area contributed by atoms with Crippen LogP contribution in [-0.2, 0) is 0 Å². The molecule has 1 rings (SSSR count). The lowest BCUT2D eigenvalue weighted by Crippen LogP contribution is -2.21. The molecule has 72 valence electrons. The molecule has 1 unspecified atom stereocenters. The Bertz CT molecular complexity index is 136. The third kappa shape index (κ3) is 1.99. The second-order valence-corrected chi connectivity index (χ2v) is 4.20. The molecule has 2 heteroatoms. The molecular formula is C10H21NO. The molecule has 12 heavy (non-hydrogen) atoms. The van der Waals surface area contributed by atoms with Gasteiger partial charge in [-0.1, -0.05) is 20.8 Å². The number of aliphatic hydroxyl groups is 1. The van der Waals surface area contributed by atoms with Crippen molar-refractivity contribution in [2.45, 2.75) is 20.8 Å². The standard InChI is InChI=1S/C10H21NO/c1-4-11-5-9(7-12)10(6-11)8(2)3/h8-10,12H,4-7H2,1-3H3/t9?,10-/m1/s1. The summed E-state index contributed by atoms with van der Waals surface area (Å²) in [6.45, 7) is 10.5. The van der Waals surface area contributed by atoms with Gasteiger partial charge in [-0.05, 0) is 24.3 Å². The zero-order valence-corrected chi connectivity index (χ0v) is 8.45. The summed E-state index contributed by atoms with van der Waals surface area (Å²) in [7, 11) is 0. The lowest BCUT2D eigenvalue weighted by molar-refractivity contribution is 0.181. The molecule has 1 aliphatic rings. The van der Waals surface area contributed by atoms with E-state index < -0.39 is 0 Å². The minimum Gasteiger partial charge on any atom is -0.396 e. The van der Waals surface area contributed by atoms with Gasteiger partial charge in [-0.25, -0.2) is 0 Å². The van der Waals surface area contributed by atoms with E-state index in [1.165, 1.54) is 6.54 Å². The Morgan fingerprint density at radius 3 is 2.42 bits per heavy atom. The van der Waals surface area contributed by atoms with Gasteiger partial charge in [0, 0.05) is 19.7 Å². The van der Waals surface area contributed by atoms with Crippen molar-refractivity contribution >= 4 is 0 Å². The quantitative estimate of drug-likeness (QED) is 0.690. The van der Waals surface area contributed by atoms with Gasteiger partial charge in [0.2, 0.25) is 0 Å². The van der Waals surface area contributed by atoms with Crippen LogP contribution in [0.15, 0.2) is 0 Å². The maximum atomic E-state index is 9.17. The van der Waals surface area contributed by atoms with Gasteiger partial charge in [0.05, 0.1) is 0 Å². The van der Waals surface area contributed by atoms with Crippen LogP contribution in [0.2, 0.25) is 0 Å². The van der Waals surface area contributed by atoms with E-state index in [0.29, 0.717) is 24.4 Å². The molecule has 0 aromatic carbocycles. The molecule has 1 N–H and O–H groups in total. The topological polar surface area (TPSA) is 23.5 Å². The molecule has 0 spiro atoms. The number of hydrogen-bond acceptors (Lipinski definition) is 2. The molecule has 1 aliphatic heterocycles. The first-order valence-corrected chi connectivity index (χ1v) is 5.02. The number of likely N-dealkylation sites (tertiary alicyclic amines) is 1. The van der Waals surface area contributed by atoms with Crippen LogP contribution in [0.3, 0.4) is 0 Å². The molecule has 0 radical (unpaired) electrons. The van der Waals surface area contributed by atoms with Gasteiger partial charge in [-0.2, -0.15) is 0 Å². The fourth-order valence-corrected chi connectivity index (χ4v) is 2.20. The minimum atomic E-state index is 0.360. The summed E-state index contributed by atoms with van der Waals surface area (Å²) in [4.78, 5) is 2.44. The van der Waals surface area contributed by atoms with Gasteiger partial charge in [0.25, 0.3) is 0 Å². The van der Waals surface area contributed by atoms with Crippen molar-refractivity contribution in [3.05, 3.63) is 0 Å². The highest BCUT2D eigenvalue weighted by atomic mass is 16.3. The molecule has 0 saturated carbocycles. The Balaban J connectivity index is 2.50. The van der Waals surface area contributed by atoms with Crippen LogP contribution in [0.5, 0.6) is 0 Å². The van der Waals surface area contributed by atoms with Crippen molar-refractivity contribution in [1.82, 2.24) is 4.90 Å². The maximum absolute atomic E-state index is 9.17. The largest absolute Gasteiger partial charge is 0.396 e. The molecule has 0 bridgehead atoms. The van der Waals surface area contributed by atoms with E-state index in [0.717, 1.165) is 13.1 Å². The molecule has 1 saturated heterocycles. The highest BCUT2D eigenvalue weighted by Crippen LogP contribution is 2.28. The monoisotopic (exact) mass is 171 g/mol. The average molecular weight is 171 g/mol. The van der Waals surface area contributed by atoms with Crippen molar-refractivity contribution in [2.24, 2.45) is 17.8 Å². The first-order valence-electron chi connectivity index (χ1n) is 5.02. The van der Waals surface area contributed by atoms with Crippen LogP contribution in [-0.4, -0.2) is 36.2 Å². The Morgan fingerprint density at radius 1 is 1.42 bits per heavy atom. The van der Waals surface area contributed by atoms with E-state index >= 15 is 0 Å². The summed E-state index contributed by atoms with van der Waals surface area (Å²) in [6.07, 6.45) is 0. The van der Waals surface area contributed by atoms with Crippen LogP contribution >= 0.6 is 0 Å². The van der Waals surface area contributed by atoms with Crippen LogP contribution < -0.4 is 0 Å². The first-order chi connectivity index (χ1) is 5.69. The Kier molecular flexibility index (Phi) is 3.53. The Hall–Kier alpha value is -0.0800. The highest BCUT2D eigenvalue weighted by molar-refractivity contribution is 4.84. The Labute approximate surface area is 75.6 Å². The number of nitrogens with zero attached hydrogens (tertiary/aromatic N) is 1. The van der Waals surface area contributed by atoms with Crippen LogP contribution in [0, 0.1) is 17.8 Å². The summed E-state index contributed by atoms with van der Waals surface area (Å²) < 4.78 is 0. The van der Waals surface area contributed by atoms with E-state index in [4.69, 9.17) is 0 Å². The second kappa shape index (κ2) is 4.24. The molecule has 1 fully saturated rings. The predicted molar refractivity (Wildman–Crippen MR) is 51.0 cm³/mol. The van der Waals surface area contributed by atoms with Crippen molar-refractivity contribution in [3.8, 4) is 0 Å². The molecule has 1 heterocycles. The highest BCUT2D eigenvalue weighted by Gasteiger charge is 2.32. The summed E-state index contributed by atoms with van der Waals surface area (Å²) in [5, 5.41) is 9.17. The zero-order valence-electron chi connectivity index (χ0n) is 8.45. The third-order valence-electron chi connectivity index (χ3n) is 3.11. The van der Waals surface area contributed by atoms with Gasteiger partial charge in [-0.3, -0.25) is 0 Å². The summed E-state index contributed by atoms with van der Waals surface area (Å²) >= 11 is 0. The Morgan fingerprint density at radius 2 is 2.08 bits per heavy atom. The van der Waals surface area contributed by atoms with Gasteiger partial charge in [0.15, 0.2) is 0 Å². The van der Waals surface area contributed by atoms with Crippen molar-refractivity contribution in [3.63, 3.8) is 0 Å². The van der Waals surface area contributed by atoms with E-state index in [2.05, 4.69) is 25.7 Å². The third-order valence-corrected chi connectivity index (χ3v) is 3.11. The fraction of sp³-hybridized carbons (Fsp3) is 1.00. The molecule has 0 amide bonds. The molecule has 0 aromatic heterocycles. The van der Waals surface area contributed by atoms with E-state index in [1.807, 2.05) is 0 Å². The fourth-order valence-electron chi connectivity index (χ4n) is 2.20.